The van der Waals surface area contributed by atoms with Crippen LogP contribution >= 0.6 is 0 Å². The molecule has 0 bridgehead atoms. The van der Waals surface area contributed by atoms with E-state index in [4.69, 9.17) is 9.73 Å². The maximum atomic E-state index is 5.61. The van der Waals surface area contributed by atoms with Gasteiger partial charge in [0, 0.05) is 0 Å². The number of para-hydroxylation sites is 2. The average Bonchev–Trinajstić information content (AvgIpc) is 3.38. The van der Waals surface area contributed by atoms with Crippen LogP contribution in [0, 0.1) is 18.1 Å². The van der Waals surface area contributed by atoms with Crippen molar-refractivity contribution in [3.8, 4) is 11.5 Å². The summed E-state index contributed by atoms with van der Waals surface area (Å²) in [6.07, 6.45) is 8.08. The summed E-state index contributed by atoms with van der Waals surface area (Å²) in [6.45, 7) is 0. The first-order chi connectivity index (χ1) is 17.3. The Bertz CT molecular complexity index is 1380. The quantitative estimate of drug-likeness (QED) is 0.180. The zero-order valence-corrected chi connectivity index (χ0v) is 22.6. The molecular weight excluding hydrogens is 621 g/mol. The number of piperidine rings is 1. The molecule has 36 heavy (non-hydrogen) atoms. The summed E-state index contributed by atoms with van der Waals surface area (Å²) < 4.78 is 5.61. The Hall–Kier alpha value is -2.78. The maximum Gasteiger partial charge on any atom is 3.00 e. The van der Waals surface area contributed by atoms with Gasteiger partial charge in [-0.1, -0.05) is 80.3 Å². The number of nitrogens with zero attached hydrogens (tertiary/aromatic N) is 2. The molecule has 2 aliphatic rings. The first-order valence-electron chi connectivity index (χ1n) is 12.8. The van der Waals surface area contributed by atoms with Crippen molar-refractivity contribution in [2.75, 3.05) is 0 Å². The molecule has 0 radical (unpaired) electrons. The fourth-order valence-electron chi connectivity index (χ4n) is 5.59. The van der Waals surface area contributed by atoms with Gasteiger partial charge in [-0.2, -0.15) is 23.8 Å². The monoisotopic (exact) mass is 650 g/mol. The standard InChI is InChI=1S/C19H21N.C13H8NO.Ir/c1-3-9-16-14(6-1)8-5-10-17(16)19-13-12-15-7-2-4-11-18(15)20-19;1-2-6-10(7-3-1)13-14-11-8-4-5-9-12(11)15-13;/h1,3,5-6,8-9,15,18-19H,2,4,7,11-13H2;1-6,8-9H;/q-2;-1;+3. The van der Waals surface area contributed by atoms with Crippen molar-refractivity contribution in [1.29, 1.82) is 0 Å². The molecular formula is C32H29IrN2O. The fourth-order valence-corrected chi connectivity index (χ4v) is 5.59. The van der Waals surface area contributed by atoms with E-state index in [1.54, 1.807) is 0 Å². The minimum atomic E-state index is 0. The Morgan fingerprint density at radius 2 is 1.61 bits per heavy atom. The van der Waals surface area contributed by atoms with Crippen LogP contribution in [0.4, 0.5) is 0 Å². The molecule has 4 heteroatoms. The van der Waals surface area contributed by atoms with Crippen molar-refractivity contribution in [3.63, 3.8) is 0 Å². The molecule has 7 rings (SSSR count). The number of oxazole rings is 1. The SMILES string of the molecule is [Ir+3].[c-]1ccc2ccccc2c1C1CCC2CCCCC2[N-]1.[c-]1ccccc1-c1nc2ccccc2o1. The molecule has 2 heterocycles. The first-order valence-corrected chi connectivity index (χ1v) is 12.8. The number of hydrogen-bond donors (Lipinski definition) is 0. The van der Waals surface area contributed by atoms with E-state index in [0.717, 1.165) is 22.6 Å². The molecule has 1 aromatic heterocycles. The predicted molar refractivity (Wildman–Crippen MR) is 142 cm³/mol. The maximum absolute atomic E-state index is 5.61. The Balaban J connectivity index is 0.000000150. The molecule has 1 aliphatic carbocycles. The number of fused-ring (bicyclic) bond motifs is 3. The molecule has 3 unspecified atom stereocenters. The third kappa shape index (κ3) is 5.32. The normalized spacial score (nSPS) is 21.2. The van der Waals surface area contributed by atoms with Crippen molar-refractivity contribution in [1.82, 2.24) is 4.98 Å². The third-order valence-corrected chi connectivity index (χ3v) is 7.37. The van der Waals surface area contributed by atoms with Gasteiger partial charge >= 0.3 is 20.1 Å². The Labute approximate surface area is 226 Å². The van der Waals surface area contributed by atoms with Gasteiger partial charge in [-0.15, -0.1) is 59.3 Å². The van der Waals surface area contributed by atoms with Crippen molar-refractivity contribution in [2.45, 2.75) is 50.6 Å². The van der Waals surface area contributed by atoms with E-state index in [1.165, 1.54) is 54.9 Å². The molecule has 182 valence electrons. The third-order valence-electron chi connectivity index (χ3n) is 7.37. The zero-order valence-electron chi connectivity index (χ0n) is 20.2. The van der Waals surface area contributed by atoms with E-state index in [9.17, 15) is 0 Å². The number of hydrogen-bond acceptors (Lipinski definition) is 2. The summed E-state index contributed by atoms with van der Waals surface area (Å²) in [7, 11) is 0. The second kappa shape index (κ2) is 11.5. The molecule has 2 fully saturated rings. The second-order valence-electron chi connectivity index (χ2n) is 9.60. The van der Waals surface area contributed by atoms with E-state index in [-0.39, 0.29) is 20.1 Å². The number of benzene rings is 4. The van der Waals surface area contributed by atoms with Gasteiger partial charge in [0.2, 0.25) is 0 Å². The molecule has 3 atom stereocenters. The van der Waals surface area contributed by atoms with E-state index >= 15 is 0 Å². The summed E-state index contributed by atoms with van der Waals surface area (Å²) in [4.78, 5) is 4.39. The largest absolute Gasteiger partial charge is 3.00 e. The number of rotatable bonds is 2. The van der Waals surface area contributed by atoms with Gasteiger partial charge in [0.15, 0.2) is 0 Å². The topological polar surface area (TPSA) is 40.1 Å². The summed E-state index contributed by atoms with van der Waals surface area (Å²) in [6, 6.07) is 35.8. The summed E-state index contributed by atoms with van der Waals surface area (Å²) >= 11 is 0. The molecule has 4 aromatic carbocycles. The van der Waals surface area contributed by atoms with Crippen LogP contribution in [-0.4, -0.2) is 11.0 Å². The molecule has 0 spiro atoms. The van der Waals surface area contributed by atoms with Crippen LogP contribution in [0.25, 0.3) is 38.6 Å². The van der Waals surface area contributed by atoms with Crippen LogP contribution in [0.2, 0.25) is 0 Å². The molecule has 0 amide bonds. The van der Waals surface area contributed by atoms with E-state index in [1.807, 2.05) is 48.5 Å². The van der Waals surface area contributed by atoms with Gasteiger partial charge < -0.3 is 9.73 Å². The Kier molecular flexibility index (Phi) is 7.96. The van der Waals surface area contributed by atoms with E-state index < -0.39 is 0 Å². The zero-order chi connectivity index (χ0) is 23.5. The van der Waals surface area contributed by atoms with Crippen LogP contribution in [-0.2, 0) is 20.1 Å². The van der Waals surface area contributed by atoms with Gasteiger partial charge in [0.05, 0.1) is 5.52 Å². The summed E-state index contributed by atoms with van der Waals surface area (Å²) in [5, 5.41) is 7.86. The second-order valence-corrected chi connectivity index (χ2v) is 9.60. The van der Waals surface area contributed by atoms with Crippen LogP contribution in [0.15, 0.2) is 89.3 Å². The molecule has 5 aromatic rings. The van der Waals surface area contributed by atoms with Crippen molar-refractivity contribution < 1.29 is 24.5 Å². The van der Waals surface area contributed by atoms with E-state index in [0.29, 0.717) is 18.0 Å². The predicted octanol–water partition coefficient (Wildman–Crippen LogP) is 8.70. The molecule has 0 N–H and O–H groups in total. The molecule has 1 aliphatic heterocycles. The summed E-state index contributed by atoms with van der Waals surface area (Å²) in [5.74, 6) is 1.49. The summed E-state index contributed by atoms with van der Waals surface area (Å²) in [5.41, 5.74) is 3.90. The molecule has 3 nitrogen and oxygen atoms in total. The average molecular weight is 650 g/mol. The first kappa shape index (κ1) is 24.9. The van der Waals surface area contributed by atoms with Crippen LogP contribution < -0.4 is 0 Å². The van der Waals surface area contributed by atoms with Crippen molar-refractivity contribution >= 4 is 21.9 Å². The van der Waals surface area contributed by atoms with E-state index in [2.05, 4.69) is 53.5 Å². The smallest absolute Gasteiger partial charge is 0.654 e. The Morgan fingerprint density at radius 1 is 0.778 bits per heavy atom. The van der Waals surface area contributed by atoms with Crippen LogP contribution in [0.1, 0.15) is 50.1 Å². The van der Waals surface area contributed by atoms with Gasteiger partial charge in [-0.25, -0.2) is 0 Å². The Morgan fingerprint density at radius 3 is 2.50 bits per heavy atom. The van der Waals surface area contributed by atoms with Gasteiger partial charge in [0.1, 0.15) is 11.5 Å². The minimum absolute atomic E-state index is 0. The van der Waals surface area contributed by atoms with Crippen LogP contribution in [0.5, 0.6) is 0 Å². The number of aromatic nitrogens is 1. The minimum Gasteiger partial charge on any atom is -0.654 e. The molecule has 1 saturated heterocycles. The van der Waals surface area contributed by atoms with Gasteiger partial charge in [-0.05, 0) is 12.1 Å². The van der Waals surface area contributed by atoms with Gasteiger partial charge in [0.25, 0.3) is 0 Å². The molecule has 1 saturated carbocycles. The van der Waals surface area contributed by atoms with Crippen molar-refractivity contribution in [3.05, 3.63) is 108 Å². The van der Waals surface area contributed by atoms with Crippen LogP contribution in [0.3, 0.4) is 0 Å². The fraction of sp³-hybridized carbons (Fsp3) is 0.281. The van der Waals surface area contributed by atoms with Gasteiger partial charge in [-0.3, -0.25) is 4.98 Å². The van der Waals surface area contributed by atoms with Crippen molar-refractivity contribution in [2.24, 2.45) is 5.92 Å².